The first kappa shape index (κ1) is 23.7. The van der Waals surface area contributed by atoms with E-state index in [1.54, 1.807) is 16.7 Å². The highest BCUT2D eigenvalue weighted by molar-refractivity contribution is 5.86. The quantitative estimate of drug-likeness (QED) is 0.317. The summed E-state index contributed by atoms with van der Waals surface area (Å²) in [6, 6.07) is 0. The van der Waals surface area contributed by atoms with E-state index in [2.05, 4.69) is 6.58 Å². The Labute approximate surface area is 184 Å². The molecule has 0 amide bonds. The van der Waals surface area contributed by atoms with Gasteiger partial charge in [0.15, 0.2) is 0 Å². The van der Waals surface area contributed by atoms with Crippen LogP contribution in [0.25, 0.3) is 0 Å². The molecule has 2 aliphatic heterocycles. The fourth-order valence-corrected chi connectivity index (χ4v) is 5.77. The van der Waals surface area contributed by atoms with Gasteiger partial charge in [-0.2, -0.15) is 0 Å². The molecule has 0 radical (unpaired) electrons. The lowest BCUT2D eigenvalue weighted by molar-refractivity contribution is -0.910. The molecule has 3 rings (SSSR count). The summed E-state index contributed by atoms with van der Waals surface area (Å²) in [5, 5.41) is 0. The third-order valence-corrected chi connectivity index (χ3v) is 7.86. The number of rotatable bonds is 10. The first-order chi connectivity index (χ1) is 14.6. The molecule has 172 valence electrons. The number of carbonyl (C=O) groups is 1. The van der Waals surface area contributed by atoms with E-state index in [-0.39, 0.29) is 5.97 Å². The summed E-state index contributed by atoms with van der Waals surface area (Å²) in [6.45, 7) is 15.1. The van der Waals surface area contributed by atoms with Crippen LogP contribution in [0.2, 0.25) is 0 Å². The van der Waals surface area contributed by atoms with Crippen LogP contribution in [0.5, 0.6) is 0 Å². The van der Waals surface area contributed by atoms with E-state index in [1.807, 2.05) is 0 Å². The van der Waals surface area contributed by atoms with Crippen molar-refractivity contribution in [2.24, 2.45) is 17.8 Å². The van der Waals surface area contributed by atoms with Gasteiger partial charge < -0.3 is 19.3 Å². The Balaban J connectivity index is 1.22. The molecule has 1 saturated carbocycles. The molecular weight excluding hydrogens is 376 g/mol. The van der Waals surface area contributed by atoms with Crippen LogP contribution in [0.3, 0.4) is 0 Å². The predicted molar refractivity (Wildman–Crippen MR) is 120 cm³/mol. The van der Waals surface area contributed by atoms with E-state index in [1.165, 1.54) is 90.5 Å². The van der Waals surface area contributed by atoms with Crippen LogP contribution in [0.1, 0.15) is 64.7 Å². The fourth-order valence-electron chi connectivity index (χ4n) is 5.77. The molecule has 0 aromatic carbocycles. The molecule has 0 bridgehead atoms. The fraction of sp³-hybridized carbons (Fsp3) is 0.880. The topological polar surface area (TPSA) is 44.4 Å². The van der Waals surface area contributed by atoms with Crippen LogP contribution in [0, 0.1) is 17.8 Å². The summed E-state index contributed by atoms with van der Waals surface area (Å²) >= 11 is 0. The number of likely N-dealkylation sites (tertiary alicyclic amines) is 2. The van der Waals surface area contributed by atoms with Crippen molar-refractivity contribution >= 4 is 5.97 Å². The van der Waals surface area contributed by atoms with Crippen LogP contribution in [-0.4, -0.2) is 65.1 Å². The first-order valence-electron chi connectivity index (χ1n) is 12.7. The zero-order valence-corrected chi connectivity index (χ0v) is 19.4. The first-order valence-corrected chi connectivity index (χ1v) is 12.7. The third-order valence-electron chi connectivity index (χ3n) is 7.86. The molecule has 0 aromatic heterocycles. The molecule has 5 heteroatoms. The molecule has 0 spiro atoms. The smallest absolute Gasteiger partial charge is 0.333 e. The van der Waals surface area contributed by atoms with Crippen molar-refractivity contribution in [2.45, 2.75) is 64.7 Å². The van der Waals surface area contributed by atoms with Crippen molar-refractivity contribution in [3.05, 3.63) is 12.2 Å². The molecule has 1 aliphatic carbocycles. The molecule has 2 heterocycles. The highest BCUT2D eigenvalue weighted by Crippen LogP contribution is 2.27. The molecule has 2 N–H and O–H groups in total. The highest BCUT2D eigenvalue weighted by atomic mass is 16.5. The Bertz CT molecular complexity index is 516. The minimum Gasteiger partial charge on any atom is -0.456 e. The third kappa shape index (κ3) is 7.97. The van der Waals surface area contributed by atoms with Crippen LogP contribution >= 0.6 is 0 Å². The maximum Gasteiger partial charge on any atom is 0.333 e. The summed E-state index contributed by atoms with van der Waals surface area (Å²) in [7, 11) is 0. The van der Waals surface area contributed by atoms with Crippen molar-refractivity contribution < 1.29 is 24.1 Å². The largest absolute Gasteiger partial charge is 0.456 e. The number of quaternary nitrogens is 2. The van der Waals surface area contributed by atoms with Gasteiger partial charge in [0, 0.05) is 12.2 Å². The van der Waals surface area contributed by atoms with Gasteiger partial charge in [-0.1, -0.05) is 25.8 Å². The average Bonchev–Trinajstić information content (AvgIpc) is 2.78. The van der Waals surface area contributed by atoms with Crippen molar-refractivity contribution in [3.8, 4) is 0 Å². The van der Waals surface area contributed by atoms with Crippen LogP contribution < -0.4 is 9.80 Å². The van der Waals surface area contributed by atoms with Crippen LogP contribution in [-0.2, 0) is 14.3 Å². The van der Waals surface area contributed by atoms with Crippen molar-refractivity contribution in [3.63, 3.8) is 0 Å². The van der Waals surface area contributed by atoms with E-state index in [0.717, 1.165) is 37.5 Å². The summed E-state index contributed by atoms with van der Waals surface area (Å²) in [4.78, 5) is 14.8. The Morgan fingerprint density at radius 3 is 1.90 bits per heavy atom. The standard InChI is InChI=1S/C25H44N2O3/c1-21(2)25(28)30-19-17-27-14-10-24(11-15-27)23-8-12-26(13-9-23)16-18-29-20-22-6-4-3-5-7-22/h22-24H,1,3-20H2,2H3/p+2. The Morgan fingerprint density at radius 1 is 0.833 bits per heavy atom. The van der Waals surface area contributed by atoms with E-state index >= 15 is 0 Å². The number of esters is 1. The van der Waals surface area contributed by atoms with Gasteiger partial charge in [0.2, 0.25) is 0 Å². The Morgan fingerprint density at radius 2 is 1.37 bits per heavy atom. The number of piperidine rings is 2. The molecule has 3 aliphatic rings. The number of nitrogens with one attached hydrogen (secondary N) is 2. The van der Waals surface area contributed by atoms with Crippen molar-refractivity contribution in [1.82, 2.24) is 0 Å². The highest BCUT2D eigenvalue weighted by Gasteiger charge is 2.32. The number of ether oxygens (including phenoxy) is 2. The zero-order chi connectivity index (χ0) is 21.2. The van der Waals surface area contributed by atoms with Gasteiger partial charge in [0.25, 0.3) is 0 Å². The normalized spacial score (nSPS) is 30.7. The zero-order valence-electron chi connectivity index (χ0n) is 19.4. The maximum absolute atomic E-state index is 11.5. The molecular formula is C25H46N2O3+2. The van der Waals surface area contributed by atoms with E-state index in [0.29, 0.717) is 12.2 Å². The van der Waals surface area contributed by atoms with Crippen molar-refractivity contribution in [2.75, 3.05) is 59.1 Å². The number of hydrogen-bond donors (Lipinski definition) is 2. The van der Waals surface area contributed by atoms with Crippen LogP contribution in [0.15, 0.2) is 12.2 Å². The monoisotopic (exact) mass is 422 g/mol. The molecule has 30 heavy (non-hydrogen) atoms. The summed E-state index contributed by atoms with van der Waals surface area (Å²) < 4.78 is 11.3. The van der Waals surface area contributed by atoms with Gasteiger partial charge in [0.05, 0.1) is 32.8 Å². The SMILES string of the molecule is C=C(C)C(=O)OCC[NH+]1CCC(C2CC[NH+](CCOCC3CCCCC3)CC2)CC1. The summed E-state index contributed by atoms with van der Waals surface area (Å²) in [5.74, 6) is 2.43. The molecule has 0 aromatic rings. The molecule has 0 atom stereocenters. The van der Waals surface area contributed by atoms with Gasteiger partial charge in [-0.3, -0.25) is 0 Å². The second kappa shape index (κ2) is 12.8. The van der Waals surface area contributed by atoms with Crippen LogP contribution in [0.4, 0.5) is 0 Å². The lowest BCUT2D eigenvalue weighted by Crippen LogP contribution is -3.14. The second-order valence-corrected chi connectivity index (χ2v) is 10.2. The molecule has 0 unspecified atom stereocenters. The molecule has 3 fully saturated rings. The van der Waals surface area contributed by atoms with Gasteiger partial charge in [-0.25, -0.2) is 4.79 Å². The lowest BCUT2D eigenvalue weighted by Gasteiger charge is -2.37. The lowest BCUT2D eigenvalue weighted by atomic mass is 9.79. The average molecular weight is 423 g/mol. The van der Waals surface area contributed by atoms with Gasteiger partial charge >= 0.3 is 5.97 Å². The minimum atomic E-state index is -0.252. The van der Waals surface area contributed by atoms with Gasteiger partial charge in [-0.15, -0.1) is 0 Å². The Kier molecular flexibility index (Phi) is 10.2. The molecule has 5 nitrogen and oxygen atoms in total. The van der Waals surface area contributed by atoms with Crippen molar-refractivity contribution in [1.29, 1.82) is 0 Å². The molecule has 2 saturated heterocycles. The van der Waals surface area contributed by atoms with Gasteiger partial charge in [0.1, 0.15) is 19.7 Å². The van der Waals surface area contributed by atoms with Gasteiger partial charge in [-0.05, 0) is 63.2 Å². The second-order valence-electron chi connectivity index (χ2n) is 10.2. The predicted octanol–water partition coefficient (Wildman–Crippen LogP) is 1.29. The number of hydrogen-bond acceptors (Lipinski definition) is 3. The summed E-state index contributed by atoms with van der Waals surface area (Å²) in [5.41, 5.74) is 0.493. The van der Waals surface area contributed by atoms with E-state index < -0.39 is 0 Å². The number of carbonyl (C=O) groups excluding carboxylic acids is 1. The van der Waals surface area contributed by atoms with E-state index in [4.69, 9.17) is 9.47 Å². The van der Waals surface area contributed by atoms with E-state index in [9.17, 15) is 4.79 Å². The maximum atomic E-state index is 11.5. The minimum absolute atomic E-state index is 0.252. The summed E-state index contributed by atoms with van der Waals surface area (Å²) in [6.07, 6.45) is 12.5. The Hall–Kier alpha value is -0.910.